The summed E-state index contributed by atoms with van der Waals surface area (Å²) in [5.41, 5.74) is 2.58. The zero-order valence-corrected chi connectivity index (χ0v) is 12.8. The standard InChI is InChI=1S/C18H18N4O/c23-18(15-7-1-4-13-5-2-9-19-17(13)15)22-11-3-6-14(12-22)16-8-10-20-21-16/h1-2,4-5,7-10,14H,3,6,11-12H2,(H,20,21)/t14-/m0/s1. The Balaban J connectivity index is 1.63. The van der Waals surface area contributed by atoms with E-state index in [1.165, 1.54) is 0 Å². The molecule has 5 heteroatoms. The number of carbonyl (C=O) groups excluding carboxylic acids is 1. The van der Waals surface area contributed by atoms with E-state index in [0.717, 1.165) is 42.5 Å². The number of aromatic nitrogens is 3. The molecule has 4 rings (SSSR count). The summed E-state index contributed by atoms with van der Waals surface area (Å²) >= 11 is 0. The van der Waals surface area contributed by atoms with Crippen molar-refractivity contribution < 1.29 is 4.79 Å². The minimum absolute atomic E-state index is 0.0681. The van der Waals surface area contributed by atoms with Crippen molar-refractivity contribution in [2.75, 3.05) is 13.1 Å². The molecule has 0 saturated carbocycles. The van der Waals surface area contributed by atoms with Crippen molar-refractivity contribution in [1.82, 2.24) is 20.1 Å². The maximum absolute atomic E-state index is 13.0. The lowest BCUT2D eigenvalue weighted by molar-refractivity contribution is 0.0707. The molecule has 0 radical (unpaired) electrons. The smallest absolute Gasteiger partial charge is 0.256 e. The van der Waals surface area contributed by atoms with Crippen LogP contribution in [-0.2, 0) is 0 Å². The topological polar surface area (TPSA) is 61.9 Å². The van der Waals surface area contributed by atoms with Crippen LogP contribution in [0.5, 0.6) is 0 Å². The molecule has 0 spiro atoms. The van der Waals surface area contributed by atoms with E-state index in [0.29, 0.717) is 11.5 Å². The number of fused-ring (bicyclic) bond motifs is 1. The molecule has 116 valence electrons. The molecule has 3 aromatic rings. The largest absolute Gasteiger partial charge is 0.338 e. The Hall–Kier alpha value is -2.69. The number of rotatable bonds is 2. The van der Waals surface area contributed by atoms with Crippen LogP contribution in [0.4, 0.5) is 0 Å². The van der Waals surface area contributed by atoms with Crippen molar-refractivity contribution in [2.24, 2.45) is 0 Å². The lowest BCUT2D eigenvalue weighted by atomic mass is 9.94. The average molecular weight is 306 g/mol. The molecule has 1 aromatic carbocycles. The number of benzene rings is 1. The predicted octanol–water partition coefficient (Wildman–Crippen LogP) is 2.98. The minimum Gasteiger partial charge on any atom is -0.338 e. The third-order valence-electron chi connectivity index (χ3n) is 4.53. The Morgan fingerprint density at radius 2 is 2.09 bits per heavy atom. The highest BCUT2D eigenvalue weighted by atomic mass is 16.2. The highest BCUT2D eigenvalue weighted by Crippen LogP contribution is 2.27. The maximum Gasteiger partial charge on any atom is 0.256 e. The van der Waals surface area contributed by atoms with Gasteiger partial charge < -0.3 is 4.90 Å². The molecule has 1 fully saturated rings. The van der Waals surface area contributed by atoms with Gasteiger partial charge in [-0.3, -0.25) is 14.9 Å². The van der Waals surface area contributed by atoms with Gasteiger partial charge in [-0.2, -0.15) is 5.10 Å². The molecule has 1 aliphatic heterocycles. The molecule has 0 unspecified atom stereocenters. The van der Waals surface area contributed by atoms with Crippen LogP contribution in [0, 0.1) is 0 Å². The number of hydrogen-bond acceptors (Lipinski definition) is 3. The summed E-state index contributed by atoms with van der Waals surface area (Å²) in [4.78, 5) is 19.3. The van der Waals surface area contributed by atoms with Crippen molar-refractivity contribution in [3.8, 4) is 0 Å². The molecule has 0 aliphatic carbocycles. The van der Waals surface area contributed by atoms with E-state index in [2.05, 4.69) is 15.2 Å². The first-order chi connectivity index (χ1) is 11.3. The van der Waals surface area contributed by atoms with Crippen LogP contribution in [-0.4, -0.2) is 39.1 Å². The fourth-order valence-electron chi connectivity index (χ4n) is 3.36. The Bertz CT molecular complexity index is 823. The molecule has 1 saturated heterocycles. The van der Waals surface area contributed by atoms with Gasteiger partial charge in [-0.25, -0.2) is 0 Å². The Labute approximate surface area is 134 Å². The normalized spacial score (nSPS) is 18.3. The molecular formula is C18H18N4O. The van der Waals surface area contributed by atoms with Gasteiger partial charge in [0.25, 0.3) is 5.91 Å². The third kappa shape index (κ3) is 2.59. The second-order valence-electron chi connectivity index (χ2n) is 5.98. The number of nitrogens with zero attached hydrogens (tertiary/aromatic N) is 3. The molecule has 1 aliphatic rings. The van der Waals surface area contributed by atoms with E-state index in [1.807, 2.05) is 41.3 Å². The molecule has 3 heterocycles. The van der Waals surface area contributed by atoms with Crippen LogP contribution in [0.15, 0.2) is 48.8 Å². The predicted molar refractivity (Wildman–Crippen MR) is 88.2 cm³/mol. The summed E-state index contributed by atoms with van der Waals surface area (Å²) in [6.45, 7) is 1.52. The van der Waals surface area contributed by atoms with Crippen molar-refractivity contribution in [1.29, 1.82) is 0 Å². The average Bonchev–Trinajstić information content (AvgIpc) is 3.15. The second kappa shape index (κ2) is 5.83. The molecular weight excluding hydrogens is 288 g/mol. The highest BCUT2D eigenvalue weighted by molar-refractivity contribution is 6.05. The fraction of sp³-hybridized carbons (Fsp3) is 0.278. The molecule has 1 N–H and O–H groups in total. The van der Waals surface area contributed by atoms with Crippen LogP contribution >= 0.6 is 0 Å². The number of amides is 1. The van der Waals surface area contributed by atoms with Gasteiger partial charge >= 0.3 is 0 Å². The van der Waals surface area contributed by atoms with Crippen LogP contribution in [0.25, 0.3) is 10.9 Å². The summed E-state index contributed by atoms with van der Waals surface area (Å²) in [7, 11) is 0. The SMILES string of the molecule is O=C(c1cccc2cccnc12)N1CCC[C@H](c2ccn[nH]2)C1. The summed E-state index contributed by atoms with van der Waals surface area (Å²) in [6.07, 6.45) is 5.60. The zero-order chi connectivity index (χ0) is 15.6. The van der Waals surface area contributed by atoms with Gasteiger partial charge in [-0.15, -0.1) is 0 Å². The van der Waals surface area contributed by atoms with Crippen LogP contribution in [0.3, 0.4) is 0 Å². The molecule has 1 atom stereocenters. The zero-order valence-electron chi connectivity index (χ0n) is 12.8. The number of hydrogen-bond donors (Lipinski definition) is 1. The number of carbonyl (C=O) groups is 1. The van der Waals surface area contributed by atoms with Gasteiger partial charge in [-0.05, 0) is 31.0 Å². The second-order valence-corrected chi connectivity index (χ2v) is 5.98. The lowest BCUT2D eigenvalue weighted by Crippen LogP contribution is -2.39. The Kier molecular flexibility index (Phi) is 3.54. The number of likely N-dealkylation sites (tertiary alicyclic amines) is 1. The van der Waals surface area contributed by atoms with Crippen molar-refractivity contribution in [2.45, 2.75) is 18.8 Å². The Morgan fingerprint density at radius 3 is 2.96 bits per heavy atom. The van der Waals surface area contributed by atoms with Gasteiger partial charge in [-0.1, -0.05) is 18.2 Å². The highest BCUT2D eigenvalue weighted by Gasteiger charge is 2.27. The minimum atomic E-state index is 0.0681. The van der Waals surface area contributed by atoms with Crippen molar-refractivity contribution >= 4 is 16.8 Å². The number of para-hydroxylation sites is 1. The molecule has 1 amide bonds. The van der Waals surface area contributed by atoms with E-state index in [9.17, 15) is 4.79 Å². The quantitative estimate of drug-likeness (QED) is 0.791. The number of H-pyrrole nitrogens is 1. The van der Waals surface area contributed by atoms with E-state index in [-0.39, 0.29) is 5.91 Å². The molecule has 23 heavy (non-hydrogen) atoms. The molecule has 5 nitrogen and oxygen atoms in total. The number of pyridine rings is 1. The molecule has 2 aromatic heterocycles. The van der Waals surface area contributed by atoms with E-state index < -0.39 is 0 Å². The van der Waals surface area contributed by atoms with E-state index >= 15 is 0 Å². The van der Waals surface area contributed by atoms with Gasteiger partial charge in [0.2, 0.25) is 0 Å². The van der Waals surface area contributed by atoms with Gasteiger partial charge in [0, 0.05) is 42.5 Å². The summed E-state index contributed by atoms with van der Waals surface area (Å²) in [5.74, 6) is 0.400. The first kappa shape index (κ1) is 13.9. The van der Waals surface area contributed by atoms with Crippen LogP contribution < -0.4 is 0 Å². The van der Waals surface area contributed by atoms with Crippen LogP contribution in [0.1, 0.15) is 34.8 Å². The summed E-state index contributed by atoms with van der Waals surface area (Å²) in [6, 6.07) is 11.7. The third-order valence-corrected chi connectivity index (χ3v) is 4.53. The first-order valence-electron chi connectivity index (χ1n) is 7.95. The van der Waals surface area contributed by atoms with E-state index in [4.69, 9.17) is 0 Å². The fourth-order valence-corrected chi connectivity index (χ4v) is 3.36. The summed E-state index contributed by atoms with van der Waals surface area (Å²) in [5, 5.41) is 8.06. The monoisotopic (exact) mass is 306 g/mol. The number of aromatic amines is 1. The lowest BCUT2D eigenvalue weighted by Gasteiger charge is -2.32. The van der Waals surface area contributed by atoms with Gasteiger partial charge in [0.05, 0.1) is 11.1 Å². The Morgan fingerprint density at radius 1 is 1.17 bits per heavy atom. The van der Waals surface area contributed by atoms with Crippen molar-refractivity contribution in [3.63, 3.8) is 0 Å². The van der Waals surface area contributed by atoms with Crippen LogP contribution in [0.2, 0.25) is 0 Å². The van der Waals surface area contributed by atoms with Crippen molar-refractivity contribution in [3.05, 3.63) is 60.0 Å². The number of piperidine rings is 1. The molecule has 0 bridgehead atoms. The van der Waals surface area contributed by atoms with Gasteiger partial charge in [0.15, 0.2) is 0 Å². The van der Waals surface area contributed by atoms with Gasteiger partial charge in [0.1, 0.15) is 0 Å². The maximum atomic E-state index is 13.0. The number of nitrogens with one attached hydrogen (secondary N) is 1. The van der Waals surface area contributed by atoms with E-state index in [1.54, 1.807) is 12.4 Å². The first-order valence-corrected chi connectivity index (χ1v) is 7.95. The summed E-state index contributed by atoms with van der Waals surface area (Å²) < 4.78 is 0.